The van der Waals surface area contributed by atoms with Gasteiger partial charge in [0.2, 0.25) is 0 Å². The molecule has 0 spiro atoms. The summed E-state index contributed by atoms with van der Waals surface area (Å²) in [6.45, 7) is 0.361. The highest BCUT2D eigenvalue weighted by atomic mass is 16.5. The van der Waals surface area contributed by atoms with Crippen LogP contribution in [0.2, 0.25) is 0 Å². The monoisotopic (exact) mass is 237 g/mol. The first kappa shape index (κ1) is 13.0. The molecule has 0 atom stereocenters. The quantitative estimate of drug-likeness (QED) is 0.280. The van der Waals surface area contributed by atoms with Crippen molar-refractivity contribution in [1.29, 1.82) is 0 Å². The van der Waals surface area contributed by atoms with Crippen LogP contribution in [0, 0.1) is 0 Å². The summed E-state index contributed by atoms with van der Waals surface area (Å²) in [4.78, 5) is 21.8. The number of hydrazine groups is 1. The molecule has 0 unspecified atom stereocenters. The molecule has 4 N–H and O–H groups in total. The van der Waals surface area contributed by atoms with Crippen molar-refractivity contribution in [2.24, 2.45) is 5.84 Å². The van der Waals surface area contributed by atoms with Gasteiger partial charge >= 0.3 is 11.8 Å². The van der Waals surface area contributed by atoms with E-state index < -0.39 is 11.8 Å². The van der Waals surface area contributed by atoms with Gasteiger partial charge in [-0.1, -0.05) is 12.1 Å². The summed E-state index contributed by atoms with van der Waals surface area (Å²) in [5.41, 5.74) is 2.77. The van der Waals surface area contributed by atoms with Crippen LogP contribution in [-0.2, 0) is 16.0 Å². The molecule has 6 nitrogen and oxygen atoms in total. The Morgan fingerprint density at radius 1 is 1.35 bits per heavy atom. The van der Waals surface area contributed by atoms with Gasteiger partial charge in [0.1, 0.15) is 5.75 Å². The highest BCUT2D eigenvalue weighted by molar-refractivity contribution is 6.34. The van der Waals surface area contributed by atoms with Crippen LogP contribution >= 0.6 is 0 Å². The fraction of sp³-hybridized carbons (Fsp3) is 0.273. The first-order valence-corrected chi connectivity index (χ1v) is 5.09. The Morgan fingerprint density at radius 2 is 2.12 bits per heavy atom. The van der Waals surface area contributed by atoms with Crippen LogP contribution in [0.4, 0.5) is 0 Å². The van der Waals surface area contributed by atoms with Gasteiger partial charge in [0.25, 0.3) is 0 Å². The zero-order valence-corrected chi connectivity index (χ0v) is 9.53. The minimum absolute atomic E-state index is 0.361. The van der Waals surface area contributed by atoms with Crippen LogP contribution in [0.15, 0.2) is 24.3 Å². The average Bonchev–Trinajstić information content (AvgIpc) is 2.37. The van der Waals surface area contributed by atoms with Crippen molar-refractivity contribution in [2.45, 2.75) is 6.42 Å². The maximum Gasteiger partial charge on any atom is 0.323 e. The SMILES string of the molecule is COc1cccc(CCNC(=O)C(=O)NN)c1. The lowest BCUT2D eigenvalue weighted by atomic mass is 10.1. The molecule has 0 aliphatic rings. The molecule has 0 aliphatic carbocycles. The van der Waals surface area contributed by atoms with Gasteiger partial charge in [0.05, 0.1) is 7.11 Å². The maximum atomic E-state index is 11.1. The van der Waals surface area contributed by atoms with Gasteiger partial charge in [0, 0.05) is 6.54 Å². The molecule has 6 heteroatoms. The Bertz CT molecular complexity index is 407. The molecule has 2 amide bonds. The maximum absolute atomic E-state index is 11.1. The van der Waals surface area contributed by atoms with Crippen molar-refractivity contribution in [2.75, 3.05) is 13.7 Å². The Kier molecular flexibility index (Phi) is 4.96. The van der Waals surface area contributed by atoms with E-state index in [2.05, 4.69) is 5.32 Å². The van der Waals surface area contributed by atoms with E-state index in [1.807, 2.05) is 24.3 Å². The molecule has 0 aromatic heterocycles. The summed E-state index contributed by atoms with van der Waals surface area (Å²) in [6.07, 6.45) is 0.612. The van der Waals surface area contributed by atoms with Gasteiger partial charge in [-0.3, -0.25) is 15.0 Å². The zero-order valence-electron chi connectivity index (χ0n) is 9.53. The van der Waals surface area contributed by atoms with Gasteiger partial charge in [-0.2, -0.15) is 0 Å². The van der Waals surface area contributed by atoms with Crippen LogP contribution < -0.4 is 21.3 Å². The molecule has 0 saturated carbocycles. The van der Waals surface area contributed by atoms with Gasteiger partial charge in [0.15, 0.2) is 0 Å². The minimum atomic E-state index is -0.851. The van der Waals surface area contributed by atoms with Gasteiger partial charge < -0.3 is 10.1 Å². The highest BCUT2D eigenvalue weighted by Crippen LogP contribution is 2.12. The van der Waals surface area contributed by atoms with Gasteiger partial charge in [-0.05, 0) is 24.1 Å². The molecule has 0 bridgehead atoms. The zero-order chi connectivity index (χ0) is 12.7. The fourth-order valence-corrected chi connectivity index (χ4v) is 1.29. The molecule has 1 aromatic rings. The van der Waals surface area contributed by atoms with Crippen molar-refractivity contribution in [3.8, 4) is 5.75 Å². The van der Waals surface area contributed by atoms with Crippen molar-refractivity contribution >= 4 is 11.8 Å². The van der Waals surface area contributed by atoms with E-state index in [0.29, 0.717) is 13.0 Å². The Morgan fingerprint density at radius 3 is 2.76 bits per heavy atom. The molecule has 0 aliphatic heterocycles. The van der Waals surface area contributed by atoms with E-state index in [4.69, 9.17) is 10.6 Å². The van der Waals surface area contributed by atoms with Crippen LogP contribution in [0.1, 0.15) is 5.56 Å². The number of carbonyl (C=O) groups excluding carboxylic acids is 2. The van der Waals surface area contributed by atoms with Crippen LogP contribution in [-0.4, -0.2) is 25.5 Å². The number of nitrogens with two attached hydrogens (primary N) is 1. The van der Waals surface area contributed by atoms with Gasteiger partial charge in [-0.25, -0.2) is 5.84 Å². The molecule has 17 heavy (non-hydrogen) atoms. The summed E-state index contributed by atoms with van der Waals surface area (Å²) in [5.74, 6) is 3.98. The molecular weight excluding hydrogens is 222 g/mol. The second kappa shape index (κ2) is 6.49. The average molecular weight is 237 g/mol. The van der Waals surface area contributed by atoms with E-state index in [1.165, 1.54) is 0 Å². The Hall–Kier alpha value is -2.08. The summed E-state index contributed by atoms with van der Waals surface area (Å²) >= 11 is 0. The van der Waals surface area contributed by atoms with Crippen LogP contribution in [0.3, 0.4) is 0 Å². The molecule has 1 rings (SSSR count). The van der Waals surface area contributed by atoms with Crippen molar-refractivity contribution in [1.82, 2.24) is 10.7 Å². The Labute approximate surface area is 99.1 Å². The molecule has 0 saturated heterocycles. The molecule has 0 radical (unpaired) electrons. The molecule has 0 fully saturated rings. The predicted molar refractivity (Wildman–Crippen MR) is 62.0 cm³/mol. The third kappa shape index (κ3) is 4.12. The largest absolute Gasteiger partial charge is 0.497 e. The van der Waals surface area contributed by atoms with Crippen molar-refractivity contribution in [3.05, 3.63) is 29.8 Å². The first-order valence-electron chi connectivity index (χ1n) is 5.09. The van der Waals surface area contributed by atoms with E-state index in [1.54, 1.807) is 12.5 Å². The van der Waals surface area contributed by atoms with Crippen LogP contribution in [0.25, 0.3) is 0 Å². The lowest BCUT2D eigenvalue weighted by Gasteiger charge is -2.05. The number of nitrogens with one attached hydrogen (secondary N) is 2. The molecule has 0 heterocycles. The Balaban J connectivity index is 2.40. The minimum Gasteiger partial charge on any atom is -0.497 e. The smallest absolute Gasteiger partial charge is 0.323 e. The highest BCUT2D eigenvalue weighted by Gasteiger charge is 2.09. The number of benzene rings is 1. The number of methoxy groups -OCH3 is 1. The second-order valence-electron chi connectivity index (χ2n) is 3.33. The summed E-state index contributed by atoms with van der Waals surface area (Å²) in [6, 6.07) is 7.49. The van der Waals surface area contributed by atoms with E-state index in [0.717, 1.165) is 11.3 Å². The number of hydrogen-bond donors (Lipinski definition) is 3. The second-order valence-corrected chi connectivity index (χ2v) is 3.33. The number of ether oxygens (including phenoxy) is 1. The van der Waals surface area contributed by atoms with Crippen molar-refractivity contribution in [3.63, 3.8) is 0 Å². The summed E-state index contributed by atoms with van der Waals surface area (Å²) in [5, 5.41) is 2.45. The summed E-state index contributed by atoms with van der Waals surface area (Å²) in [7, 11) is 1.59. The number of amides is 2. The van der Waals surface area contributed by atoms with E-state index in [9.17, 15) is 9.59 Å². The molecule has 1 aromatic carbocycles. The van der Waals surface area contributed by atoms with E-state index in [-0.39, 0.29) is 0 Å². The standard InChI is InChI=1S/C11H15N3O3/c1-17-9-4-2-3-8(7-9)5-6-13-10(15)11(16)14-12/h2-4,7H,5-6,12H2,1H3,(H,13,15)(H,14,16). The first-order chi connectivity index (χ1) is 8.17. The van der Waals surface area contributed by atoms with Crippen LogP contribution in [0.5, 0.6) is 5.75 Å². The third-order valence-corrected chi connectivity index (χ3v) is 2.17. The number of rotatable bonds is 4. The molecule has 92 valence electrons. The predicted octanol–water partition coefficient (Wildman–Crippen LogP) is -0.656. The fourth-order valence-electron chi connectivity index (χ4n) is 1.29. The number of carbonyl (C=O) groups is 2. The van der Waals surface area contributed by atoms with E-state index >= 15 is 0 Å². The van der Waals surface area contributed by atoms with Crippen molar-refractivity contribution < 1.29 is 14.3 Å². The van der Waals surface area contributed by atoms with Gasteiger partial charge in [-0.15, -0.1) is 0 Å². The lowest BCUT2D eigenvalue weighted by molar-refractivity contribution is -0.139. The number of hydrogen-bond acceptors (Lipinski definition) is 4. The summed E-state index contributed by atoms with van der Waals surface area (Å²) < 4.78 is 5.07. The third-order valence-electron chi connectivity index (χ3n) is 2.17. The topological polar surface area (TPSA) is 93.4 Å². The molecular formula is C11H15N3O3. The lowest BCUT2D eigenvalue weighted by Crippen LogP contribution is -2.43. The normalized spacial score (nSPS) is 9.53.